The van der Waals surface area contributed by atoms with Gasteiger partial charge in [0.1, 0.15) is 5.69 Å². The highest BCUT2D eigenvalue weighted by Crippen LogP contribution is 2.29. The number of halogens is 2. The van der Waals surface area contributed by atoms with E-state index < -0.39 is 10.5 Å². The van der Waals surface area contributed by atoms with Gasteiger partial charge in [-0.1, -0.05) is 28.1 Å². The largest absolute Gasteiger partial charge is 0.420 e. The van der Waals surface area contributed by atoms with Crippen molar-refractivity contribution in [2.24, 2.45) is 4.99 Å². The second-order valence-electron chi connectivity index (χ2n) is 4.80. The highest BCUT2D eigenvalue weighted by atomic mass is 79.9. The molecule has 6 nitrogen and oxygen atoms in total. The number of hydrogen-bond donors (Lipinski definition) is 0. The van der Waals surface area contributed by atoms with Gasteiger partial charge in [0.15, 0.2) is 5.58 Å². The van der Waals surface area contributed by atoms with Gasteiger partial charge >= 0.3 is 5.63 Å². The van der Waals surface area contributed by atoms with Crippen molar-refractivity contribution in [2.45, 2.75) is 0 Å². The van der Waals surface area contributed by atoms with Crippen molar-refractivity contribution in [2.75, 3.05) is 0 Å². The maximum absolute atomic E-state index is 12.1. The fourth-order valence-electron chi connectivity index (χ4n) is 2.14. The molecule has 0 amide bonds. The van der Waals surface area contributed by atoms with Crippen LogP contribution in [0.4, 0.5) is 11.4 Å². The molecule has 1 heterocycles. The second-order valence-corrected chi connectivity index (χ2v) is 6.57. The number of para-hydroxylation sites is 1. The highest BCUT2D eigenvalue weighted by molar-refractivity contribution is 9.11. The molecule has 0 fully saturated rings. The maximum Gasteiger partial charge on any atom is 0.362 e. The smallest absolute Gasteiger partial charge is 0.362 e. The van der Waals surface area contributed by atoms with Crippen LogP contribution in [0.5, 0.6) is 0 Å². The molecular weight excluding hydrogens is 444 g/mol. The Balaban J connectivity index is 2.09. The number of nitrogens with zero attached hydrogens (tertiary/aromatic N) is 2. The van der Waals surface area contributed by atoms with E-state index in [-0.39, 0.29) is 11.4 Å². The summed E-state index contributed by atoms with van der Waals surface area (Å²) in [7, 11) is 0. The van der Waals surface area contributed by atoms with Crippen LogP contribution in [0.25, 0.3) is 11.0 Å². The van der Waals surface area contributed by atoms with Gasteiger partial charge < -0.3 is 4.42 Å². The van der Waals surface area contributed by atoms with Crippen molar-refractivity contribution in [3.8, 4) is 0 Å². The fourth-order valence-corrected chi connectivity index (χ4v) is 3.48. The molecule has 0 aliphatic heterocycles. The zero-order chi connectivity index (χ0) is 17.3. The number of nitro groups is 1. The van der Waals surface area contributed by atoms with E-state index in [1.54, 1.807) is 36.4 Å². The molecule has 24 heavy (non-hydrogen) atoms. The predicted octanol–water partition coefficient (Wildman–Crippen LogP) is 4.98. The van der Waals surface area contributed by atoms with Gasteiger partial charge in [0.2, 0.25) is 0 Å². The van der Waals surface area contributed by atoms with E-state index in [4.69, 9.17) is 4.42 Å². The van der Waals surface area contributed by atoms with E-state index in [1.165, 1.54) is 12.3 Å². The molecule has 0 unspecified atom stereocenters. The normalized spacial score (nSPS) is 11.2. The standard InChI is InChI=1S/C16H8Br2N2O4/c17-11-5-10-6-13(16(21)24-15(10)12(18)7-11)19-8-9-3-1-2-4-14(9)20(22)23/h1-8H. The summed E-state index contributed by atoms with van der Waals surface area (Å²) in [5, 5.41) is 11.7. The molecule has 3 rings (SSSR count). The SMILES string of the molecule is O=c1oc2c(Br)cc(Br)cc2cc1N=Cc1ccccc1[N+](=O)[O-]. The van der Waals surface area contributed by atoms with E-state index in [0.29, 0.717) is 21.0 Å². The van der Waals surface area contributed by atoms with Crippen molar-refractivity contribution >= 4 is 60.4 Å². The summed E-state index contributed by atoms with van der Waals surface area (Å²) in [6.45, 7) is 0. The monoisotopic (exact) mass is 450 g/mol. The lowest BCUT2D eigenvalue weighted by atomic mass is 10.2. The Morgan fingerprint density at radius 1 is 1.17 bits per heavy atom. The predicted molar refractivity (Wildman–Crippen MR) is 98.2 cm³/mol. The lowest BCUT2D eigenvalue weighted by molar-refractivity contribution is -0.385. The molecule has 8 heteroatoms. The molecule has 0 bridgehead atoms. The molecular formula is C16H8Br2N2O4. The van der Waals surface area contributed by atoms with Crippen molar-refractivity contribution < 1.29 is 9.34 Å². The van der Waals surface area contributed by atoms with Gasteiger partial charge in [-0.25, -0.2) is 9.79 Å². The van der Waals surface area contributed by atoms with Gasteiger partial charge in [0, 0.05) is 22.1 Å². The number of benzene rings is 2. The van der Waals surface area contributed by atoms with Gasteiger partial charge in [-0.3, -0.25) is 10.1 Å². The number of hydrogen-bond acceptors (Lipinski definition) is 5. The quantitative estimate of drug-likeness (QED) is 0.243. The highest BCUT2D eigenvalue weighted by Gasteiger charge is 2.11. The minimum absolute atomic E-state index is 0.0608. The van der Waals surface area contributed by atoms with Gasteiger partial charge in [-0.15, -0.1) is 0 Å². The van der Waals surface area contributed by atoms with Crippen LogP contribution in [0.3, 0.4) is 0 Å². The molecule has 0 aliphatic carbocycles. The van der Waals surface area contributed by atoms with Gasteiger partial charge in [0.05, 0.1) is 15.0 Å². The Morgan fingerprint density at radius 2 is 1.92 bits per heavy atom. The summed E-state index contributed by atoms with van der Waals surface area (Å²) in [5.41, 5.74) is 0.0631. The van der Waals surface area contributed by atoms with E-state index in [0.717, 1.165) is 4.47 Å². The van der Waals surface area contributed by atoms with Gasteiger partial charge in [0.25, 0.3) is 5.69 Å². The third kappa shape index (κ3) is 3.29. The van der Waals surface area contributed by atoms with Crippen molar-refractivity contribution in [1.82, 2.24) is 0 Å². The minimum Gasteiger partial charge on any atom is -0.420 e. The molecule has 3 aromatic rings. The van der Waals surface area contributed by atoms with E-state index in [9.17, 15) is 14.9 Å². The molecule has 0 radical (unpaired) electrons. The molecule has 0 spiro atoms. The maximum atomic E-state index is 12.1. The van der Waals surface area contributed by atoms with E-state index in [2.05, 4.69) is 36.9 Å². The number of fused-ring (bicyclic) bond motifs is 1. The first-order valence-corrected chi connectivity index (χ1v) is 8.24. The first-order chi connectivity index (χ1) is 11.5. The summed E-state index contributed by atoms with van der Waals surface area (Å²) in [4.78, 5) is 26.6. The number of nitro benzene ring substituents is 1. The topological polar surface area (TPSA) is 85.7 Å². The first kappa shape index (κ1) is 16.5. The van der Waals surface area contributed by atoms with Crippen LogP contribution >= 0.6 is 31.9 Å². The molecule has 0 aliphatic rings. The van der Waals surface area contributed by atoms with Crippen LogP contribution in [0.15, 0.2) is 65.6 Å². The van der Waals surface area contributed by atoms with Crippen LogP contribution < -0.4 is 5.63 Å². The summed E-state index contributed by atoms with van der Waals surface area (Å²) >= 11 is 6.70. The molecule has 1 aromatic heterocycles. The average molecular weight is 452 g/mol. The third-order valence-corrected chi connectivity index (χ3v) is 4.26. The third-order valence-electron chi connectivity index (χ3n) is 3.21. The van der Waals surface area contributed by atoms with E-state index in [1.807, 2.05) is 0 Å². The lowest BCUT2D eigenvalue weighted by Crippen LogP contribution is -1.99. The van der Waals surface area contributed by atoms with Crippen LogP contribution in [0.2, 0.25) is 0 Å². The van der Waals surface area contributed by atoms with Crippen molar-refractivity contribution in [1.29, 1.82) is 0 Å². The van der Waals surface area contributed by atoms with Crippen LogP contribution in [0.1, 0.15) is 5.56 Å². The summed E-state index contributed by atoms with van der Waals surface area (Å²) in [6, 6.07) is 11.3. The van der Waals surface area contributed by atoms with Gasteiger partial charge in [-0.05, 0) is 40.2 Å². The van der Waals surface area contributed by atoms with Crippen LogP contribution in [-0.4, -0.2) is 11.1 Å². The molecule has 2 aromatic carbocycles. The van der Waals surface area contributed by atoms with Crippen LogP contribution in [0, 0.1) is 10.1 Å². The van der Waals surface area contributed by atoms with E-state index >= 15 is 0 Å². The number of aliphatic imine (C=N–C) groups is 1. The van der Waals surface area contributed by atoms with Crippen molar-refractivity contribution in [3.05, 3.63) is 77.5 Å². The zero-order valence-corrected chi connectivity index (χ0v) is 15.1. The molecule has 120 valence electrons. The molecule has 0 saturated heterocycles. The van der Waals surface area contributed by atoms with Gasteiger partial charge in [-0.2, -0.15) is 0 Å². The minimum atomic E-state index is -0.625. The average Bonchev–Trinajstić information content (AvgIpc) is 2.54. The summed E-state index contributed by atoms with van der Waals surface area (Å²) < 4.78 is 6.72. The second kappa shape index (κ2) is 6.66. The van der Waals surface area contributed by atoms with Crippen molar-refractivity contribution in [3.63, 3.8) is 0 Å². The molecule has 0 atom stereocenters. The number of rotatable bonds is 3. The Labute approximate surface area is 152 Å². The zero-order valence-electron chi connectivity index (χ0n) is 11.9. The summed E-state index contributed by atoms with van der Waals surface area (Å²) in [5.74, 6) is 0. The molecule has 0 saturated carbocycles. The lowest BCUT2D eigenvalue weighted by Gasteiger charge is -2.02. The summed E-state index contributed by atoms with van der Waals surface area (Å²) in [6.07, 6.45) is 1.28. The first-order valence-electron chi connectivity index (χ1n) is 6.66. The Kier molecular flexibility index (Phi) is 4.59. The van der Waals surface area contributed by atoms with Crippen LogP contribution in [-0.2, 0) is 0 Å². The Morgan fingerprint density at radius 3 is 2.67 bits per heavy atom. The Hall–Kier alpha value is -2.32. The fraction of sp³-hybridized carbons (Fsp3) is 0. The molecule has 0 N–H and O–H groups in total. The Bertz CT molecular complexity index is 1040.